The Hall–Kier alpha value is -2.77. The van der Waals surface area contributed by atoms with E-state index in [1.165, 1.54) is 22.3 Å². The lowest BCUT2D eigenvalue weighted by molar-refractivity contribution is -0.123. The summed E-state index contributed by atoms with van der Waals surface area (Å²) in [5.74, 6) is 8.16. The van der Waals surface area contributed by atoms with Crippen molar-refractivity contribution >= 4 is 5.91 Å². The highest BCUT2D eigenvalue weighted by atomic mass is 16.3. The fourth-order valence-electron chi connectivity index (χ4n) is 8.37. The first-order chi connectivity index (χ1) is 19.8. The minimum absolute atomic E-state index is 0.0165. The molecule has 2 saturated carbocycles. The van der Waals surface area contributed by atoms with Crippen molar-refractivity contribution in [1.82, 2.24) is 4.90 Å². The molecule has 2 fully saturated rings. The monoisotopic (exact) mass is 555 g/mol. The molecule has 41 heavy (non-hydrogen) atoms. The first-order valence-corrected chi connectivity index (χ1v) is 16.1. The summed E-state index contributed by atoms with van der Waals surface area (Å²) >= 11 is 0. The number of nitrogens with zero attached hydrogens (tertiary/aromatic N) is 1. The normalized spacial score (nSPS) is 28.1. The average molecular weight is 556 g/mol. The molecule has 0 aliphatic heterocycles. The fraction of sp³-hybridized carbons (Fsp3) is 0.595. The second-order valence-corrected chi connectivity index (χ2v) is 13.3. The standard InChI is InChI=1S/C37H49NO3/c1-4-5-23-38(3)35(41)12-10-8-6-7-9-11-26-13-15-27(16-14-26)32-25-37(2)33(21-22-34(37)40)31-19-17-28-24-29(39)18-20-30(28)36(31)32/h13-16,18,20,24,31-34,36,39-40H,4-9,11,17,19,21-23,25H2,1-3H3/t31-,32+,33-,34?,36+,37-/m0/s1. The highest BCUT2D eigenvalue weighted by molar-refractivity contribution is 5.93. The van der Waals surface area contributed by atoms with Crippen molar-refractivity contribution in [3.8, 4) is 17.6 Å². The Morgan fingerprint density at radius 3 is 2.63 bits per heavy atom. The van der Waals surface area contributed by atoms with E-state index >= 15 is 0 Å². The molecule has 4 nitrogen and oxygen atoms in total. The van der Waals surface area contributed by atoms with E-state index in [1.54, 1.807) is 4.90 Å². The topological polar surface area (TPSA) is 60.8 Å². The van der Waals surface area contributed by atoms with E-state index in [2.05, 4.69) is 56.0 Å². The predicted molar refractivity (Wildman–Crippen MR) is 166 cm³/mol. The molecule has 1 amide bonds. The van der Waals surface area contributed by atoms with Crippen LogP contribution in [0.5, 0.6) is 5.75 Å². The van der Waals surface area contributed by atoms with Gasteiger partial charge in [0.05, 0.1) is 6.10 Å². The summed E-state index contributed by atoms with van der Waals surface area (Å²) in [6, 6.07) is 15.4. The molecule has 220 valence electrons. The SMILES string of the molecule is CCCCN(C)C(=O)C#CCCCCCc1ccc([C@H]2C[C@]3(C)C(O)CC[C@H]3[C@@H]3CCc4cc(O)ccc4[C@H]32)cc1. The third-order valence-electron chi connectivity index (χ3n) is 10.7. The Morgan fingerprint density at radius 1 is 1.05 bits per heavy atom. The number of hydrogen-bond donors (Lipinski definition) is 2. The van der Waals surface area contributed by atoms with Gasteiger partial charge in [-0.25, -0.2) is 0 Å². The third kappa shape index (κ3) is 6.36. The lowest BCUT2D eigenvalue weighted by Crippen LogP contribution is -2.47. The molecule has 0 spiro atoms. The van der Waals surface area contributed by atoms with Gasteiger partial charge in [0.1, 0.15) is 5.75 Å². The lowest BCUT2D eigenvalue weighted by Gasteiger charge is -2.54. The van der Waals surface area contributed by atoms with Gasteiger partial charge in [-0.3, -0.25) is 4.79 Å². The zero-order valence-corrected chi connectivity index (χ0v) is 25.4. The van der Waals surface area contributed by atoms with E-state index in [9.17, 15) is 15.0 Å². The van der Waals surface area contributed by atoms with Crippen molar-refractivity contribution in [3.63, 3.8) is 0 Å². The van der Waals surface area contributed by atoms with Crippen LogP contribution in [0.4, 0.5) is 0 Å². The van der Waals surface area contributed by atoms with Crippen LogP contribution in [0.15, 0.2) is 42.5 Å². The van der Waals surface area contributed by atoms with Gasteiger partial charge >= 0.3 is 0 Å². The van der Waals surface area contributed by atoms with Crippen LogP contribution in [0, 0.1) is 29.1 Å². The number of unbranched alkanes of at least 4 members (excludes halogenated alkanes) is 4. The number of aliphatic hydroxyl groups is 1. The second-order valence-electron chi connectivity index (χ2n) is 13.3. The molecule has 2 N–H and O–H groups in total. The van der Waals surface area contributed by atoms with Gasteiger partial charge in [-0.15, -0.1) is 0 Å². The molecular weight excluding hydrogens is 506 g/mol. The molecule has 1 unspecified atom stereocenters. The van der Waals surface area contributed by atoms with Crippen molar-refractivity contribution in [2.45, 2.75) is 109 Å². The number of phenolic OH excluding ortho intramolecular Hbond substituents is 1. The van der Waals surface area contributed by atoms with Crippen LogP contribution in [0.1, 0.15) is 112 Å². The molecule has 0 heterocycles. The summed E-state index contributed by atoms with van der Waals surface area (Å²) < 4.78 is 0. The van der Waals surface area contributed by atoms with Gasteiger partial charge in [-0.1, -0.05) is 62.9 Å². The zero-order chi connectivity index (χ0) is 29.0. The molecule has 3 aliphatic rings. The molecular formula is C37H49NO3. The highest BCUT2D eigenvalue weighted by Crippen LogP contribution is 2.65. The fourth-order valence-corrected chi connectivity index (χ4v) is 8.37. The second kappa shape index (κ2) is 13.0. The van der Waals surface area contributed by atoms with Crippen LogP contribution >= 0.6 is 0 Å². The first-order valence-electron chi connectivity index (χ1n) is 16.1. The van der Waals surface area contributed by atoms with Gasteiger partial charge in [-0.05, 0) is 127 Å². The maximum atomic E-state index is 12.0. The number of hydrogen-bond acceptors (Lipinski definition) is 3. The van der Waals surface area contributed by atoms with E-state index < -0.39 is 0 Å². The molecule has 2 aromatic carbocycles. The van der Waals surface area contributed by atoms with Gasteiger partial charge in [0, 0.05) is 20.0 Å². The van der Waals surface area contributed by atoms with Crippen LogP contribution in [-0.4, -0.2) is 40.7 Å². The van der Waals surface area contributed by atoms with Crippen molar-refractivity contribution < 1.29 is 15.0 Å². The maximum absolute atomic E-state index is 12.0. The third-order valence-corrected chi connectivity index (χ3v) is 10.7. The molecule has 0 bridgehead atoms. The summed E-state index contributed by atoms with van der Waals surface area (Å²) in [6.07, 6.45) is 12.3. The molecule has 5 rings (SSSR count). The summed E-state index contributed by atoms with van der Waals surface area (Å²) in [5.41, 5.74) is 5.49. The number of rotatable bonds is 9. The van der Waals surface area contributed by atoms with Crippen LogP contribution in [0.3, 0.4) is 0 Å². The van der Waals surface area contributed by atoms with Gasteiger partial charge < -0.3 is 15.1 Å². The minimum atomic E-state index is -0.207. The quantitative estimate of drug-likeness (QED) is 0.251. The summed E-state index contributed by atoms with van der Waals surface area (Å²) in [7, 11) is 1.83. The van der Waals surface area contributed by atoms with Crippen LogP contribution in [0.25, 0.3) is 0 Å². The van der Waals surface area contributed by atoms with E-state index in [1.807, 2.05) is 19.2 Å². The van der Waals surface area contributed by atoms with Gasteiger partial charge in [0.25, 0.3) is 5.91 Å². The number of amides is 1. The van der Waals surface area contributed by atoms with Crippen LogP contribution in [0.2, 0.25) is 0 Å². The number of phenols is 1. The molecule has 2 aromatic rings. The van der Waals surface area contributed by atoms with Crippen molar-refractivity contribution in [2.24, 2.45) is 17.3 Å². The molecule has 0 saturated heterocycles. The minimum Gasteiger partial charge on any atom is -0.508 e. The number of fused-ring (bicyclic) bond motifs is 5. The van der Waals surface area contributed by atoms with E-state index in [0.717, 1.165) is 83.6 Å². The first kappa shape index (κ1) is 29.7. The Labute approximate surface area is 247 Å². The Bertz CT molecular complexity index is 1260. The summed E-state index contributed by atoms with van der Waals surface area (Å²) in [4.78, 5) is 13.8. The molecule has 3 aliphatic carbocycles. The number of aryl methyl sites for hydroxylation is 2. The van der Waals surface area contributed by atoms with Gasteiger partial charge in [0.15, 0.2) is 0 Å². The number of carbonyl (C=O) groups is 1. The largest absolute Gasteiger partial charge is 0.508 e. The number of benzene rings is 2. The number of aliphatic hydroxyl groups excluding tert-OH is 1. The lowest BCUT2D eigenvalue weighted by atomic mass is 9.51. The van der Waals surface area contributed by atoms with Gasteiger partial charge in [0.2, 0.25) is 0 Å². The van der Waals surface area contributed by atoms with E-state index in [-0.39, 0.29) is 17.4 Å². The molecule has 0 radical (unpaired) electrons. The predicted octanol–water partition coefficient (Wildman–Crippen LogP) is 7.37. The van der Waals surface area contributed by atoms with Crippen molar-refractivity contribution in [3.05, 3.63) is 64.7 Å². The summed E-state index contributed by atoms with van der Waals surface area (Å²) in [6.45, 7) is 5.26. The smallest absolute Gasteiger partial charge is 0.298 e. The summed E-state index contributed by atoms with van der Waals surface area (Å²) in [5, 5.41) is 21.3. The zero-order valence-electron chi connectivity index (χ0n) is 25.4. The Balaban J connectivity index is 1.20. The number of aromatic hydroxyl groups is 1. The van der Waals surface area contributed by atoms with Crippen molar-refractivity contribution in [2.75, 3.05) is 13.6 Å². The Kier molecular flexibility index (Phi) is 9.45. The Morgan fingerprint density at radius 2 is 1.85 bits per heavy atom. The average Bonchev–Trinajstić information content (AvgIpc) is 3.28. The molecule has 0 aromatic heterocycles. The van der Waals surface area contributed by atoms with E-state index in [0.29, 0.717) is 29.4 Å². The molecule has 4 heteroatoms. The highest BCUT2D eigenvalue weighted by Gasteiger charge is 2.57. The maximum Gasteiger partial charge on any atom is 0.298 e. The number of carbonyl (C=O) groups excluding carboxylic acids is 1. The van der Waals surface area contributed by atoms with Crippen LogP contribution < -0.4 is 0 Å². The van der Waals surface area contributed by atoms with E-state index in [4.69, 9.17) is 0 Å². The molecule has 6 atom stereocenters. The van der Waals surface area contributed by atoms with Gasteiger partial charge in [-0.2, -0.15) is 0 Å². The van der Waals surface area contributed by atoms with Crippen molar-refractivity contribution in [1.29, 1.82) is 0 Å². The van der Waals surface area contributed by atoms with Crippen LogP contribution in [-0.2, 0) is 17.6 Å².